The van der Waals surface area contributed by atoms with Gasteiger partial charge in [-0.2, -0.15) is 0 Å². The van der Waals surface area contributed by atoms with E-state index in [0.29, 0.717) is 18.3 Å². The summed E-state index contributed by atoms with van der Waals surface area (Å²) >= 11 is 0.994. The molecule has 1 unspecified atom stereocenters. The van der Waals surface area contributed by atoms with Gasteiger partial charge in [0.05, 0.1) is 12.4 Å². The van der Waals surface area contributed by atoms with Gasteiger partial charge < -0.3 is 14.4 Å². The van der Waals surface area contributed by atoms with E-state index in [9.17, 15) is 13.2 Å². The Bertz CT molecular complexity index is 569. The van der Waals surface area contributed by atoms with Gasteiger partial charge in [0.1, 0.15) is 5.25 Å². The normalized spacial score (nSPS) is 13.3. The van der Waals surface area contributed by atoms with Crippen LogP contribution in [-0.2, 0) is 25.9 Å². The standard InChI is InChI=1S/C10H17N3O5S2/c1-7(20(3,16)17)9-11-12-10(19-6-8(14)15)13(9)4-5-18-2/h7H,4-6H2,1-3H3,(H,14,15). The first-order valence-electron chi connectivity index (χ1n) is 5.72. The Labute approximate surface area is 121 Å². The SMILES string of the molecule is COCCn1c(SCC(=O)O)nnc1C(C)S(C)(=O)=O. The third-order valence-corrected chi connectivity index (χ3v) is 5.04. The van der Waals surface area contributed by atoms with Crippen LogP contribution in [0.5, 0.6) is 0 Å². The number of carbonyl (C=O) groups is 1. The summed E-state index contributed by atoms with van der Waals surface area (Å²) in [4.78, 5) is 10.6. The average molecular weight is 323 g/mol. The number of sulfone groups is 1. The minimum Gasteiger partial charge on any atom is -0.481 e. The van der Waals surface area contributed by atoms with Gasteiger partial charge in [0, 0.05) is 19.9 Å². The van der Waals surface area contributed by atoms with E-state index in [1.807, 2.05) is 0 Å². The van der Waals surface area contributed by atoms with Crippen LogP contribution in [0, 0.1) is 0 Å². The van der Waals surface area contributed by atoms with E-state index in [0.717, 1.165) is 18.0 Å². The Morgan fingerprint density at radius 2 is 2.15 bits per heavy atom. The molecule has 0 aromatic carbocycles. The molecule has 0 amide bonds. The zero-order valence-electron chi connectivity index (χ0n) is 11.4. The fraction of sp³-hybridized carbons (Fsp3) is 0.700. The lowest BCUT2D eigenvalue weighted by Gasteiger charge is -2.12. The number of carboxylic acids is 1. The van der Waals surface area contributed by atoms with E-state index in [2.05, 4.69) is 10.2 Å². The molecule has 0 radical (unpaired) electrons. The smallest absolute Gasteiger partial charge is 0.313 e. The maximum atomic E-state index is 11.6. The second kappa shape index (κ2) is 7.04. The van der Waals surface area contributed by atoms with Crippen molar-refractivity contribution in [3.8, 4) is 0 Å². The van der Waals surface area contributed by atoms with Crippen LogP contribution in [0.4, 0.5) is 0 Å². The lowest BCUT2D eigenvalue weighted by atomic mass is 10.4. The zero-order chi connectivity index (χ0) is 15.3. The molecule has 0 saturated carbocycles. The van der Waals surface area contributed by atoms with Gasteiger partial charge >= 0.3 is 5.97 Å². The van der Waals surface area contributed by atoms with Crippen LogP contribution in [0.25, 0.3) is 0 Å². The van der Waals surface area contributed by atoms with Gasteiger partial charge in [0.2, 0.25) is 0 Å². The van der Waals surface area contributed by atoms with Crippen LogP contribution in [0.2, 0.25) is 0 Å². The van der Waals surface area contributed by atoms with Crippen molar-refractivity contribution >= 4 is 27.6 Å². The van der Waals surface area contributed by atoms with E-state index in [4.69, 9.17) is 9.84 Å². The van der Waals surface area contributed by atoms with E-state index >= 15 is 0 Å². The molecule has 0 saturated heterocycles. The summed E-state index contributed by atoms with van der Waals surface area (Å²) in [5, 5.41) is 16.0. The molecule has 20 heavy (non-hydrogen) atoms. The molecular formula is C10H17N3O5S2. The van der Waals surface area contributed by atoms with Crippen molar-refractivity contribution in [1.82, 2.24) is 14.8 Å². The molecule has 8 nitrogen and oxygen atoms in total. The highest BCUT2D eigenvalue weighted by Crippen LogP contribution is 2.24. The Hall–Kier alpha value is -1.13. The lowest BCUT2D eigenvalue weighted by molar-refractivity contribution is -0.133. The minimum absolute atomic E-state index is 0.168. The van der Waals surface area contributed by atoms with Gasteiger partial charge in [-0.3, -0.25) is 4.79 Å². The van der Waals surface area contributed by atoms with Gasteiger partial charge in [-0.15, -0.1) is 10.2 Å². The first-order valence-corrected chi connectivity index (χ1v) is 8.67. The van der Waals surface area contributed by atoms with Gasteiger partial charge in [0.15, 0.2) is 20.8 Å². The molecule has 0 bridgehead atoms. The molecule has 1 rings (SSSR count). The van der Waals surface area contributed by atoms with E-state index in [-0.39, 0.29) is 11.6 Å². The average Bonchev–Trinajstić information content (AvgIpc) is 2.74. The number of carboxylic acid groups (broad SMARTS) is 1. The van der Waals surface area contributed by atoms with Gasteiger partial charge in [-0.1, -0.05) is 11.8 Å². The summed E-state index contributed by atoms with van der Waals surface area (Å²) in [5.74, 6) is -0.857. The summed E-state index contributed by atoms with van der Waals surface area (Å²) in [5.41, 5.74) is 0. The third-order valence-electron chi connectivity index (χ3n) is 2.60. The lowest BCUT2D eigenvalue weighted by Crippen LogP contribution is -2.17. The van der Waals surface area contributed by atoms with E-state index in [1.54, 1.807) is 4.57 Å². The Kier molecular flexibility index (Phi) is 5.96. The number of thioether (sulfide) groups is 1. The number of rotatable bonds is 8. The maximum Gasteiger partial charge on any atom is 0.313 e. The molecule has 1 atom stereocenters. The Balaban J connectivity index is 3.08. The molecular weight excluding hydrogens is 306 g/mol. The zero-order valence-corrected chi connectivity index (χ0v) is 13.1. The number of hydrogen-bond donors (Lipinski definition) is 1. The van der Waals surface area contributed by atoms with Gasteiger partial charge in [-0.25, -0.2) is 8.42 Å². The molecule has 0 fully saturated rings. The number of ether oxygens (including phenoxy) is 1. The summed E-state index contributed by atoms with van der Waals surface area (Å²) in [6.07, 6.45) is 1.12. The van der Waals surface area contributed by atoms with Crippen molar-refractivity contribution in [3.05, 3.63) is 5.82 Å². The van der Waals surface area contributed by atoms with Crippen molar-refractivity contribution in [2.75, 3.05) is 25.7 Å². The fourth-order valence-corrected chi connectivity index (χ4v) is 2.67. The van der Waals surface area contributed by atoms with E-state index in [1.165, 1.54) is 14.0 Å². The topological polar surface area (TPSA) is 111 Å². The van der Waals surface area contributed by atoms with Crippen LogP contribution < -0.4 is 0 Å². The quantitative estimate of drug-likeness (QED) is 0.676. The van der Waals surface area contributed by atoms with Crippen molar-refractivity contribution in [2.45, 2.75) is 23.9 Å². The van der Waals surface area contributed by atoms with Crippen molar-refractivity contribution in [1.29, 1.82) is 0 Å². The summed E-state index contributed by atoms with van der Waals surface area (Å²) in [6, 6.07) is 0. The molecule has 1 N–H and O–H groups in total. The van der Waals surface area contributed by atoms with Crippen LogP contribution in [-0.4, -0.2) is 60.0 Å². The molecule has 1 aromatic rings. The molecule has 0 spiro atoms. The molecule has 10 heteroatoms. The third kappa shape index (κ3) is 4.46. The molecule has 1 aromatic heterocycles. The van der Waals surface area contributed by atoms with Crippen molar-refractivity contribution in [3.63, 3.8) is 0 Å². The fourth-order valence-electron chi connectivity index (χ4n) is 1.42. The highest BCUT2D eigenvalue weighted by molar-refractivity contribution is 7.99. The maximum absolute atomic E-state index is 11.6. The summed E-state index contributed by atoms with van der Waals surface area (Å²) in [6.45, 7) is 2.23. The van der Waals surface area contributed by atoms with Gasteiger partial charge in [-0.05, 0) is 6.92 Å². The molecule has 0 aliphatic rings. The first kappa shape index (κ1) is 16.9. The van der Waals surface area contributed by atoms with Gasteiger partial charge in [0.25, 0.3) is 0 Å². The van der Waals surface area contributed by atoms with Crippen molar-refractivity contribution < 1.29 is 23.1 Å². The van der Waals surface area contributed by atoms with Crippen LogP contribution >= 0.6 is 11.8 Å². The Morgan fingerprint density at radius 1 is 1.50 bits per heavy atom. The van der Waals surface area contributed by atoms with Crippen LogP contribution in [0.3, 0.4) is 0 Å². The van der Waals surface area contributed by atoms with E-state index < -0.39 is 21.1 Å². The molecule has 0 aliphatic heterocycles. The van der Waals surface area contributed by atoms with Crippen LogP contribution in [0.15, 0.2) is 5.16 Å². The number of aliphatic carboxylic acids is 1. The van der Waals surface area contributed by atoms with Crippen molar-refractivity contribution in [2.24, 2.45) is 0 Å². The predicted molar refractivity (Wildman–Crippen MR) is 73.5 cm³/mol. The summed E-state index contributed by atoms with van der Waals surface area (Å²) in [7, 11) is -1.79. The second-order valence-corrected chi connectivity index (χ2v) is 7.45. The number of hydrogen-bond acceptors (Lipinski definition) is 7. The number of nitrogens with zero attached hydrogens (tertiary/aromatic N) is 3. The molecule has 114 valence electrons. The predicted octanol–water partition coefficient (Wildman–Crippen LogP) is 0.207. The number of aromatic nitrogens is 3. The molecule has 0 aliphatic carbocycles. The minimum atomic E-state index is -3.31. The summed E-state index contributed by atoms with van der Waals surface area (Å²) < 4.78 is 29.8. The highest BCUT2D eigenvalue weighted by atomic mass is 32.2. The monoisotopic (exact) mass is 323 g/mol. The largest absolute Gasteiger partial charge is 0.481 e. The first-order chi connectivity index (χ1) is 9.27. The number of methoxy groups -OCH3 is 1. The van der Waals surface area contributed by atoms with Crippen LogP contribution in [0.1, 0.15) is 18.0 Å². The molecule has 1 heterocycles. The Morgan fingerprint density at radius 3 is 2.65 bits per heavy atom. The highest BCUT2D eigenvalue weighted by Gasteiger charge is 2.25. The second-order valence-electron chi connectivity index (χ2n) is 4.14.